The molecule has 2 aromatic heterocycles. The van der Waals surface area contributed by atoms with Gasteiger partial charge in [0.25, 0.3) is 5.56 Å². The van der Waals surface area contributed by atoms with Crippen molar-refractivity contribution in [2.24, 2.45) is 0 Å². The van der Waals surface area contributed by atoms with E-state index < -0.39 is 0 Å². The molecule has 1 aromatic carbocycles. The highest BCUT2D eigenvalue weighted by molar-refractivity contribution is 5.93. The molecular formula is C15H17N5O2. The number of benzene rings is 1. The smallest absolute Gasteiger partial charge is 0.275 e. The molecule has 0 bridgehead atoms. The van der Waals surface area contributed by atoms with Crippen LogP contribution in [0.4, 0.5) is 11.6 Å². The molecule has 0 radical (unpaired) electrons. The maximum Gasteiger partial charge on any atom is 0.275 e. The first-order valence-electron chi connectivity index (χ1n) is 7.00. The molecule has 3 N–H and O–H groups in total. The number of phenolic OH excluding ortho intramolecular Hbond substituents is 1. The maximum atomic E-state index is 12.5. The van der Waals surface area contributed by atoms with Gasteiger partial charge in [-0.3, -0.25) is 9.89 Å². The Labute approximate surface area is 126 Å². The van der Waals surface area contributed by atoms with E-state index >= 15 is 0 Å². The van der Waals surface area contributed by atoms with E-state index in [1.807, 2.05) is 26.8 Å². The molecule has 0 atom stereocenters. The van der Waals surface area contributed by atoms with Crippen LogP contribution in [0.25, 0.3) is 10.8 Å². The molecule has 0 saturated heterocycles. The van der Waals surface area contributed by atoms with Gasteiger partial charge in [-0.05, 0) is 39.0 Å². The van der Waals surface area contributed by atoms with E-state index in [0.29, 0.717) is 22.4 Å². The zero-order valence-electron chi connectivity index (χ0n) is 12.6. The van der Waals surface area contributed by atoms with Crippen LogP contribution in [0.5, 0.6) is 5.75 Å². The van der Waals surface area contributed by atoms with Crippen molar-refractivity contribution in [3.8, 4) is 5.75 Å². The van der Waals surface area contributed by atoms with Gasteiger partial charge in [0.15, 0.2) is 11.6 Å². The fraction of sp³-hybridized carbons (Fsp3) is 0.267. The summed E-state index contributed by atoms with van der Waals surface area (Å²) < 4.78 is 1.39. The van der Waals surface area contributed by atoms with Crippen LogP contribution in [0.2, 0.25) is 0 Å². The Morgan fingerprint density at radius 2 is 2.05 bits per heavy atom. The van der Waals surface area contributed by atoms with Gasteiger partial charge in [0.1, 0.15) is 5.75 Å². The standard InChI is InChI=1S/C15H17N5O2/c1-8(2)20-15(22)12-7-10(21)4-5-11(12)14(19-20)16-13-6-9(3)17-18-13/h4-8,21H,1-3H3,(H2,16,17,18,19). The molecule has 0 amide bonds. The number of H-pyrrole nitrogens is 1. The lowest BCUT2D eigenvalue weighted by molar-refractivity contribution is 0.475. The Balaban J connectivity index is 2.23. The summed E-state index contributed by atoms with van der Waals surface area (Å²) in [6.07, 6.45) is 0. The molecule has 7 nitrogen and oxygen atoms in total. The number of aromatic nitrogens is 4. The summed E-state index contributed by atoms with van der Waals surface area (Å²) in [5, 5.41) is 25.2. The van der Waals surface area contributed by atoms with Gasteiger partial charge >= 0.3 is 0 Å². The number of nitrogens with one attached hydrogen (secondary N) is 2. The van der Waals surface area contributed by atoms with E-state index in [4.69, 9.17) is 0 Å². The zero-order valence-corrected chi connectivity index (χ0v) is 12.6. The van der Waals surface area contributed by atoms with Crippen LogP contribution in [0.15, 0.2) is 29.1 Å². The second-order valence-corrected chi connectivity index (χ2v) is 5.48. The molecule has 3 rings (SSSR count). The summed E-state index contributed by atoms with van der Waals surface area (Å²) >= 11 is 0. The largest absolute Gasteiger partial charge is 0.508 e. The number of fused-ring (bicyclic) bond motifs is 1. The van der Waals surface area contributed by atoms with Gasteiger partial charge in [-0.2, -0.15) is 10.2 Å². The average Bonchev–Trinajstić information content (AvgIpc) is 2.87. The van der Waals surface area contributed by atoms with Crippen molar-refractivity contribution >= 4 is 22.4 Å². The lowest BCUT2D eigenvalue weighted by Gasteiger charge is -2.13. The minimum atomic E-state index is -0.232. The van der Waals surface area contributed by atoms with Crippen molar-refractivity contribution in [1.29, 1.82) is 0 Å². The molecule has 0 aliphatic rings. The third kappa shape index (κ3) is 2.41. The number of aromatic amines is 1. The predicted molar refractivity (Wildman–Crippen MR) is 84.7 cm³/mol. The van der Waals surface area contributed by atoms with E-state index in [0.717, 1.165) is 5.69 Å². The van der Waals surface area contributed by atoms with Crippen LogP contribution in [-0.2, 0) is 0 Å². The molecule has 22 heavy (non-hydrogen) atoms. The first kappa shape index (κ1) is 14.1. The summed E-state index contributed by atoms with van der Waals surface area (Å²) in [7, 11) is 0. The highest BCUT2D eigenvalue weighted by atomic mass is 16.3. The summed E-state index contributed by atoms with van der Waals surface area (Å²) in [6, 6.07) is 6.41. The minimum Gasteiger partial charge on any atom is -0.508 e. The molecule has 0 fully saturated rings. The summed E-state index contributed by atoms with van der Waals surface area (Å²) in [4.78, 5) is 12.5. The van der Waals surface area contributed by atoms with Gasteiger partial charge in [0.05, 0.1) is 11.4 Å². The Morgan fingerprint density at radius 1 is 1.27 bits per heavy atom. The van der Waals surface area contributed by atoms with Crippen LogP contribution in [0, 0.1) is 6.92 Å². The average molecular weight is 299 g/mol. The Morgan fingerprint density at radius 3 is 2.68 bits per heavy atom. The molecule has 3 aromatic rings. The van der Waals surface area contributed by atoms with Gasteiger partial charge in [0, 0.05) is 17.1 Å². The minimum absolute atomic E-state index is 0.0488. The second-order valence-electron chi connectivity index (χ2n) is 5.48. The monoisotopic (exact) mass is 299 g/mol. The summed E-state index contributed by atoms with van der Waals surface area (Å²) in [6.45, 7) is 5.66. The van der Waals surface area contributed by atoms with Crippen molar-refractivity contribution in [2.45, 2.75) is 26.8 Å². The molecule has 0 spiro atoms. The van der Waals surface area contributed by atoms with Gasteiger partial charge in [-0.15, -0.1) is 0 Å². The van der Waals surface area contributed by atoms with Crippen molar-refractivity contribution in [1.82, 2.24) is 20.0 Å². The SMILES string of the molecule is Cc1cc(Nc2nn(C(C)C)c(=O)c3cc(O)ccc23)n[nH]1. The van der Waals surface area contributed by atoms with Crippen molar-refractivity contribution in [2.75, 3.05) is 5.32 Å². The molecule has 7 heteroatoms. The highest BCUT2D eigenvalue weighted by Gasteiger charge is 2.14. The highest BCUT2D eigenvalue weighted by Crippen LogP contribution is 2.25. The topological polar surface area (TPSA) is 95.8 Å². The van der Waals surface area contributed by atoms with E-state index in [-0.39, 0.29) is 17.4 Å². The van der Waals surface area contributed by atoms with Crippen molar-refractivity contribution < 1.29 is 5.11 Å². The Kier molecular flexibility index (Phi) is 3.32. The first-order valence-corrected chi connectivity index (χ1v) is 7.00. The van der Waals surface area contributed by atoms with E-state index in [1.165, 1.54) is 16.8 Å². The van der Waals surface area contributed by atoms with Crippen molar-refractivity contribution in [3.63, 3.8) is 0 Å². The molecule has 0 aliphatic carbocycles. The number of aromatic hydroxyl groups is 1. The normalized spacial score (nSPS) is 11.3. The van der Waals surface area contributed by atoms with E-state index in [9.17, 15) is 9.90 Å². The van der Waals surface area contributed by atoms with Gasteiger partial charge in [-0.1, -0.05) is 0 Å². The molecule has 114 valence electrons. The fourth-order valence-electron chi connectivity index (χ4n) is 2.29. The molecular weight excluding hydrogens is 282 g/mol. The first-order chi connectivity index (χ1) is 10.5. The number of hydrogen-bond acceptors (Lipinski definition) is 5. The maximum absolute atomic E-state index is 12.5. The molecule has 2 heterocycles. The third-order valence-electron chi connectivity index (χ3n) is 3.35. The second kappa shape index (κ2) is 5.18. The number of hydrogen-bond donors (Lipinski definition) is 3. The number of aryl methyl sites for hydroxylation is 1. The van der Waals surface area contributed by atoms with Gasteiger partial charge < -0.3 is 10.4 Å². The lowest BCUT2D eigenvalue weighted by atomic mass is 10.1. The number of rotatable bonds is 3. The number of nitrogens with zero attached hydrogens (tertiary/aromatic N) is 3. The van der Waals surface area contributed by atoms with Crippen molar-refractivity contribution in [3.05, 3.63) is 40.3 Å². The lowest BCUT2D eigenvalue weighted by Crippen LogP contribution is -2.25. The van der Waals surface area contributed by atoms with Gasteiger partial charge in [0.2, 0.25) is 0 Å². The van der Waals surface area contributed by atoms with E-state index in [2.05, 4.69) is 20.6 Å². The Bertz CT molecular complexity index is 895. The van der Waals surface area contributed by atoms with Crippen LogP contribution in [0.1, 0.15) is 25.6 Å². The zero-order chi connectivity index (χ0) is 15.9. The van der Waals surface area contributed by atoms with Crippen LogP contribution >= 0.6 is 0 Å². The number of phenols is 1. The molecule has 0 saturated carbocycles. The van der Waals surface area contributed by atoms with Gasteiger partial charge in [-0.25, -0.2) is 4.68 Å². The fourth-order valence-corrected chi connectivity index (χ4v) is 2.29. The quantitative estimate of drug-likeness (QED) is 0.690. The Hall–Kier alpha value is -2.83. The number of anilines is 2. The molecule has 0 unspecified atom stereocenters. The van der Waals surface area contributed by atoms with E-state index in [1.54, 1.807) is 6.07 Å². The van der Waals surface area contributed by atoms with Crippen LogP contribution in [-0.4, -0.2) is 25.1 Å². The summed E-state index contributed by atoms with van der Waals surface area (Å²) in [5.74, 6) is 1.19. The van der Waals surface area contributed by atoms with Crippen LogP contribution in [0.3, 0.4) is 0 Å². The summed E-state index contributed by atoms with van der Waals surface area (Å²) in [5.41, 5.74) is 0.686. The predicted octanol–water partition coefficient (Wildman–Crippen LogP) is 2.46. The molecule has 0 aliphatic heterocycles. The van der Waals surface area contributed by atoms with Crippen LogP contribution < -0.4 is 10.9 Å². The third-order valence-corrected chi connectivity index (χ3v) is 3.35.